The Bertz CT molecular complexity index is 1550. The molecule has 36 heavy (non-hydrogen) atoms. The highest BCUT2D eigenvalue weighted by atomic mass is 16.2. The van der Waals surface area contributed by atoms with E-state index in [0.717, 1.165) is 27.9 Å². The number of carbonyl (C=O) groups is 2. The highest BCUT2D eigenvalue weighted by molar-refractivity contribution is 5.97. The maximum atomic E-state index is 13.9. The molecule has 0 spiro atoms. The molecule has 0 fully saturated rings. The standard InChI is InChI=1S/C29H30N4O3/c1-16-11-12-23(30-21(6)34)22(15-16)27-29(36)33(25-10-8-7-9-24(25)31-27)20(5)28(35)32-26-18(3)13-17(2)14-19(26)4/h7-15,20H,1-6H3,(H,30,34)(H,32,35)/t20-/m0/s1. The van der Waals surface area contributed by atoms with Crippen LogP contribution in [0.15, 0.2) is 59.4 Å². The van der Waals surface area contributed by atoms with Gasteiger partial charge in [0.25, 0.3) is 5.56 Å². The third-order valence-electron chi connectivity index (χ3n) is 6.23. The number of hydrogen-bond donors (Lipinski definition) is 2. The molecule has 0 radical (unpaired) electrons. The molecule has 3 aromatic carbocycles. The smallest absolute Gasteiger partial charge is 0.278 e. The van der Waals surface area contributed by atoms with E-state index in [1.165, 1.54) is 11.5 Å². The number of nitrogens with one attached hydrogen (secondary N) is 2. The van der Waals surface area contributed by atoms with Crippen molar-refractivity contribution in [3.05, 3.63) is 87.2 Å². The summed E-state index contributed by atoms with van der Waals surface area (Å²) in [4.78, 5) is 43.9. The highest BCUT2D eigenvalue weighted by Gasteiger charge is 2.24. The predicted molar refractivity (Wildman–Crippen MR) is 144 cm³/mol. The Labute approximate surface area is 210 Å². The first-order valence-corrected chi connectivity index (χ1v) is 11.9. The van der Waals surface area contributed by atoms with Crippen LogP contribution >= 0.6 is 0 Å². The Morgan fingerprint density at radius 1 is 0.889 bits per heavy atom. The summed E-state index contributed by atoms with van der Waals surface area (Å²) in [5, 5.41) is 5.81. The molecule has 4 rings (SSSR count). The maximum absolute atomic E-state index is 13.9. The van der Waals surface area contributed by atoms with Gasteiger partial charge in [0.1, 0.15) is 11.7 Å². The summed E-state index contributed by atoms with van der Waals surface area (Å²) in [5.74, 6) is -0.557. The molecule has 0 saturated heterocycles. The Morgan fingerprint density at radius 3 is 2.22 bits per heavy atom. The monoisotopic (exact) mass is 482 g/mol. The number of aromatic nitrogens is 2. The van der Waals surface area contributed by atoms with Crippen molar-refractivity contribution in [2.75, 3.05) is 10.6 Å². The molecule has 2 amide bonds. The van der Waals surface area contributed by atoms with E-state index < -0.39 is 11.6 Å². The van der Waals surface area contributed by atoms with Gasteiger partial charge in [-0.25, -0.2) is 4.98 Å². The van der Waals surface area contributed by atoms with E-state index in [1.54, 1.807) is 19.1 Å². The zero-order chi connectivity index (χ0) is 26.1. The molecule has 184 valence electrons. The number of para-hydroxylation sites is 2. The first kappa shape index (κ1) is 24.9. The maximum Gasteiger partial charge on any atom is 0.278 e. The molecule has 0 aliphatic carbocycles. The molecule has 0 saturated carbocycles. The van der Waals surface area contributed by atoms with E-state index in [0.29, 0.717) is 22.3 Å². The van der Waals surface area contributed by atoms with E-state index >= 15 is 0 Å². The molecule has 0 unspecified atom stereocenters. The van der Waals surface area contributed by atoms with Gasteiger partial charge in [-0.2, -0.15) is 0 Å². The number of carbonyl (C=O) groups excluding carboxylic acids is 2. The molecule has 0 aliphatic heterocycles. The number of benzene rings is 3. The lowest BCUT2D eigenvalue weighted by Crippen LogP contribution is -2.33. The van der Waals surface area contributed by atoms with Crippen LogP contribution in [-0.2, 0) is 9.59 Å². The van der Waals surface area contributed by atoms with E-state index in [-0.39, 0.29) is 17.5 Å². The molecule has 7 heteroatoms. The molecular formula is C29H30N4O3. The van der Waals surface area contributed by atoms with Crippen molar-refractivity contribution in [1.82, 2.24) is 9.55 Å². The average molecular weight is 483 g/mol. The van der Waals surface area contributed by atoms with E-state index in [9.17, 15) is 14.4 Å². The van der Waals surface area contributed by atoms with Gasteiger partial charge in [-0.15, -0.1) is 0 Å². The number of anilines is 2. The van der Waals surface area contributed by atoms with Crippen LogP contribution in [0.3, 0.4) is 0 Å². The van der Waals surface area contributed by atoms with Crippen LogP contribution in [-0.4, -0.2) is 21.4 Å². The van der Waals surface area contributed by atoms with Crippen molar-refractivity contribution < 1.29 is 9.59 Å². The van der Waals surface area contributed by atoms with Crippen LogP contribution in [0.5, 0.6) is 0 Å². The minimum absolute atomic E-state index is 0.170. The Hall–Kier alpha value is -4.26. The fraction of sp³-hybridized carbons (Fsp3) is 0.241. The second kappa shape index (κ2) is 9.77. The van der Waals surface area contributed by atoms with Gasteiger partial charge in [-0.05, 0) is 70.0 Å². The summed E-state index contributed by atoms with van der Waals surface area (Å²) in [6.45, 7) is 10.9. The van der Waals surface area contributed by atoms with Crippen LogP contribution in [0.1, 0.15) is 42.1 Å². The van der Waals surface area contributed by atoms with Gasteiger partial charge in [0.15, 0.2) is 0 Å². The molecule has 0 aliphatic rings. The Balaban J connectivity index is 1.88. The third-order valence-corrected chi connectivity index (χ3v) is 6.23. The van der Waals surface area contributed by atoms with Crippen LogP contribution < -0.4 is 16.2 Å². The summed E-state index contributed by atoms with van der Waals surface area (Å²) < 4.78 is 1.48. The van der Waals surface area contributed by atoms with E-state index in [1.807, 2.05) is 70.2 Å². The fourth-order valence-corrected chi connectivity index (χ4v) is 4.59. The number of rotatable bonds is 5. The number of aryl methyl sites for hydroxylation is 4. The topological polar surface area (TPSA) is 93.1 Å². The minimum Gasteiger partial charge on any atom is -0.326 e. The number of nitrogens with zero attached hydrogens (tertiary/aromatic N) is 2. The first-order valence-electron chi connectivity index (χ1n) is 11.9. The third kappa shape index (κ3) is 4.77. The van der Waals surface area contributed by atoms with Crippen molar-refractivity contribution >= 4 is 34.2 Å². The minimum atomic E-state index is -0.821. The normalized spacial score (nSPS) is 11.8. The fourth-order valence-electron chi connectivity index (χ4n) is 4.59. The van der Waals surface area contributed by atoms with Gasteiger partial charge in [0, 0.05) is 18.2 Å². The molecular weight excluding hydrogens is 452 g/mol. The Kier molecular flexibility index (Phi) is 6.75. The zero-order valence-electron chi connectivity index (χ0n) is 21.4. The van der Waals surface area contributed by atoms with Crippen LogP contribution in [0, 0.1) is 27.7 Å². The molecule has 7 nitrogen and oxygen atoms in total. The lowest BCUT2D eigenvalue weighted by molar-refractivity contribution is -0.118. The molecule has 1 atom stereocenters. The Morgan fingerprint density at radius 2 is 1.56 bits per heavy atom. The number of amides is 2. The van der Waals surface area contributed by atoms with Gasteiger partial charge in [0.2, 0.25) is 11.8 Å². The van der Waals surface area contributed by atoms with Crippen LogP contribution in [0.4, 0.5) is 11.4 Å². The van der Waals surface area contributed by atoms with Crippen LogP contribution in [0.2, 0.25) is 0 Å². The zero-order valence-corrected chi connectivity index (χ0v) is 21.4. The largest absolute Gasteiger partial charge is 0.326 e. The van der Waals surface area contributed by atoms with Gasteiger partial charge >= 0.3 is 0 Å². The lowest BCUT2D eigenvalue weighted by Gasteiger charge is -2.21. The van der Waals surface area contributed by atoms with Crippen molar-refractivity contribution in [2.24, 2.45) is 0 Å². The lowest BCUT2D eigenvalue weighted by atomic mass is 10.0. The summed E-state index contributed by atoms with van der Waals surface area (Å²) in [7, 11) is 0. The van der Waals surface area contributed by atoms with Crippen molar-refractivity contribution in [3.63, 3.8) is 0 Å². The first-order chi connectivity index (χ1) is 17.1. The number of hydrogen-bond acceptors (Lipinski definition) is 4. The average Bonchev–Trinajstić information content (AvgIpc) is 2.81. The quantitative estimate of drug-likeness (QED) is 0.395. The van der Waals surface area contributed by atoms with Gasteiger partial charge in [-0.1, -0.05) is 41.5 Å². The van der Waals surface area contributed by atoms with Gasteiger partial charge < -0.3 is 10.6 Å². The summed E-state index contributed by atoms with van der Waals surface area (Å²) in [6, 6.07) is 15.9. The van der Waals surface area contributed by atoms with Crippen molar-refractivity contribution in [1.29, 1.82) is 0 Å². The predicted octanol–water partition coefficient (Wildman–Crippen LogP) is 5.46. The van der Waals surface area contributed by atoms with Crippen LogP contribution in [0.25, 0.3) is 22.3 Å². The van der Waals surface area contributed by atoms with Gasteiger partial charge in [-0.3, -0.25) is 19.0 Å². The molecule has 2 N–H and O–H groups in total. The van der Waals surface area contributed by atoms with E-state index in [4.69, 9.17) is 0 Å². The van der Waals surface area contributed by atoms with Crippen molar-refractivity contribution in [2.45, 2.75) is 47.6 Å². The second-order valence-electron chi connectivity index (χ2n) is 9.29. The summed E-state index contributed by atoms with van der Waals surface area (Å²) in [6.07, 6.45) is 0. The molecule has 4 aromatic rings. The number of fused-ring (bicyclic) bond motifs is 1. The second-order valence-corrected chi connectivity index (χ2v) is 9.29. The SMILES string of the molecule is CC(=O)Nc1ccc(C)cc1-c1nc2ccccc2n([C@@H](C)C(=O)Nc2c(C)cc(C)cc2C)c1=O. The molecule has 1 aromatic heterocycles. The molecule has 0 bridgehead atoms. The van der Waals surface area contributed by atoms with Gasteiger partial charge in [0.05, 0.1) is 16.7 Å². The molecule has 1 heterocycles. The van der Waals surface area contributed by atoms with E-state index in [2.05, 4.69) is 15.6 Å². The van der Waals surface area contributed by atoms with Crippen molar-refractivity contribution in [3.8, 4) is 11.3 Å². The highest BCUT2D eigenvalue weighted by Crippen LogP contribution is 2.29. The summed E-state index contributed by atoms with van der Waals surface area (Å²) >= 11 is 0. The summed E-state index contributed by atoms with van der Waals surface area (Å²) in [5.41, 5.74) is 6.58.